The molecule has 56 valence electrons. The van der Waals surface area contributed by atoms with Crippen molar-refractivity contribution in [2.24, 2.45) is 10.8 Å². The van der Waals surface area contributed by atoms with Crippen molar-refractivity contribution in [3.05, 3.63) is 12.3 Å². The maximum Gasteiger partial charge on any atom is 0.0903 e. The van der Waals surface area contributed by atoms with Crippen molar-refractivity contribution in [3.8, 4) is 0 Å². The van der Waals surface area contributed by atoms with Crippen LogP contribution in [0, 0.1) is 0 Å². The number of hydrogen-bond acceptors (Lipinski definition) is 3. The van der Waals surface area contributed by atoms with Crippen LogP contribution in [0.3, 0.4) is 0 Å². The molecule has 0 radical (unpaired) electrons. The Bertz CT molecular complexity index is 141. The summed E-state index contributed by atoms with van der Waals surface area (Å²) in [6.45, 7) is 1.35. The summed E-state index contributed by atoms with van der Waals surface area (Å²) in [6.07, 6.45) is 5.38. The van der Waals surface area contributed by atoms with Gasteiger partial charge in [-0.2, -0.15) is 5.10 Å². The molecule has 1 atom stereocenters. The van der Waals surface area contributed by atoms with Gasteiger partial charge in [0.1, 0.15) is 0 Å². The zero-order valence-corrected chi connectivity index (χ0v) is 6.33. The van der Waals surface area contributed by atoms with Gasteiger partial charge in [-0.05, 0) is 6.08 Å². The zero-order chi connectivity index (χ0) is 7.40. The highest BCUT2D eigenvalue weighted by atomic mass is 35.5. The van der Waals surface area contributed by atoms with E-state index in [-0.39, 0.29) is 5.38 Å². The van der Waals surface area contributed by atoms with E-state index in [9.17, 15) is 0 Å². The molecule has 4 heteroatoms. The highest BCUT2D eigenvalue weighted by Gasteiger charge is 2.02. The van der Waals surface area contributed by atoms with Crippen molar-refractivity contribution < 1.29 is 0 Å². The summed E-state index contributed by atoms with van der Waals surface area (Å²) in [6, 6.07) is 0. The minimum absolute atomic E-state index is 0.0611. The highest BCUT2D eigenvalue weighted by molar-refractivity contribution is 6.29. The Morgan fingerprint density at radius 3 is 3.00 bits per heavy atom. The van der Waals surface area contributed by atoms with Crippen LogP contribution >= 0.6 is 11.6 Å². The monoisotopic (exact) mass is 159 g/mol. The first kappa shape index (κ1) is 7.57. The van der Waals surface area contributed by atoms with E-state index in [1.807, 2.05) is 12.3 Å². The topological polar surface area (TPSA) is 41.6 Å². The van der Waals surface area contributed by atoms with Crippen LogP contribution in [0.4, 0.5) is 0 Å². The van der Waals surface area contributed by atoms with E-state index in [2.05, 4.69) is 5.10 Å². The first-order valence-electron chi connectivity index (χ1n) is 3.16. The molecule has 2 N–H and O–H groups in total. The van der Waals surface area contributed by atoms with Gasteiger partial charge in [-0.3, -0.25) is 5.01 Å². The molecular weight excluding hydrogens is 150 g/mol. The Balaban J connectivity index is 2.38. The zero-order valence-electron chi connectivity index (χ0n) is 5.57. The molecule has 1 aliphatic heterocycles. The normalized spacial score (nSPS) is 23.8. The van der Waals surface area contributed by atoms with Gasteiger partial charge in [-0.1, -0.05) is 0 Å². The largest absolute Gasteiger partial charge is 0.329 e. The molecule has 0 saturated carbocycles. The highest BCUT2D eigenvalue weighted by Crippen LogP contribution is 2.03. The van der Waals surface area contributed by atoms with Gasteiger partial charge in [0.05, 0.1) is 11.9 Å². The number of nitrogens with zero attached hydrogens (tertiary/aromatic N) is 2. The van der Waals surface area contributed by atoms with E-state index >= 15 is 0 Å². The Labute approximate surface area is 65.1 Å². The molecule has 1 unspecified atom stereocenters. The predicted molar refractivity (Wildman–Crippen MR) is 43.0 cm³/mol. The van der Waals surface area contributed by atoms with Crippen molar-refractivity contribution in [3.63, 3.8) is 0 Å². The number of halogens is 1. The second-order valence-corrected chi connectivity index (χ2v) is 2.51. The Morgan fingerprint density at radius 2 is 2.50 bits per heavy atom. The number of hydrazone groups is 1. The fraction of sp³-hybridized carbons (Fsp3) is 0.500. The molecule has 0 aromatic rings. The van der Waals surface area contributed by atoms with Crippen LogP contribution in [-0.2, 0) is 0 Å². The third-order valence-corrected chi connectivity index (χ3v) is 1.42. The summed E-state index contributed by atoms with van der Waals surface area (Å²) in [5.41, 5.74) is 5.31. The first-order chi connectivity index (χ1) is 4.83. The van der Waals surface area contributed by atoms with Crippen LogP contribution in [-0.4, -0.2) is 29.7 Å². The minimum atomic E-state index is -0.0611. The molecule has 1 rings (SSSR count). The summed E-state index contributed by atoms with van der Waals surface area (Å²) in [7, 11) is 0. The van der Waals surface area contributed by atoms with Gasteiger partial charge in [0.15, 0.2) is 0 Å². The lowest BCUT2D eigenvalue weighted by Gasteiger charge is -2.16. The molecule has 0 spiro atoms. The minimum Gasteiger partial charge on any atom is -0.329 e. The van der Waals surface area contributed by atoms with Crippen molar-refractivity contribution in [1.29, 1.82) is 0 Å². The smallest absolute Gasteiger partial charge is 0.0903 e. The molecular formula is C6H10ClN3. The fourth-order valence-corrected chi connectivity index (χ4v) is 0.799. The molecule has 1 heterocycles. The van der Waals surface area contributed by atoms with Gasteiger partial charge in [0.25, 0.3) is 0 Å². The number of alkyl halides is 1. The number of hydrogen-bond donors (Lipinski definition) is 1. The summed E-state index contributed by atoms with van der Waals surface area (Å²) in [4.78, 5) is 0. The van der Waals surface area contributed by atoms with Crippen LogP contribution in [0.2, 0.25) is 0 Å². The number of allylic oxidation sites excluding steroid dienone is 1. The van der Waals surface area contributed by atoms with Gasteiger partial charge < -0.3 is 5.73 Å². The van der Waals surface area contributed by atoms with Gasteiger partial charge in [0, 0.05) is 19.0 Å². The van der Waals surface area contributed by atoms with E-state index in [1.165, 1.54) is 0 Å². The molecule has 3 nitrogen and oxygen atoms in total. The second-order valence-electron chi connectivity index (χ2n) is 2.00. The quantitative estimate of drug-likeness (QED) is 0.592. The molecule has 0 bridgehead atoms. The molecule has 10 heavy (non-hydrogen) atoms. The third kappa shape index (κ3) is 2.01. The number of nitrogens with two attached hydrogens (primary N) is 1. The molecule has 0 fully saturated rings. The number of rotatable bonds is 2. The average molecular weight is 160 g/mol. The Hall–Kier alpha value is -0.540. The molecule has 1 aliphatic rings. The van der Waals surface area contributed by atoms with Crippen molar-refractivity contribution >= 4 is 17.8 Å². The first-order valence-corrected chi connectivity index (χ1v) is 3.60. The Kier molecular flexibility index (Phi) is 2.71. The summed E-state index contributed by atoms with van der Waals surface area (Å²) in [5, 5.41) is 5.71. The molecule has 0 aromatic heterocycles. The van der Waals surface area contributed by atoms with Gasteiger partial charge in [-0.15, -0.1) is 11.6 Å². The molecule has 0 aromatic carbocycles. The van der Waals surface area contributed by atoms with Crippen molar-refractivity contribution in [2.75, 3.05) is 13.1 Å². The van der Waals surface area contributed by atoms with Gasteiger partial charge in [0.2, 0.25) is 0 Å². The summed E-state index contributed by atoms with van der Waals surface area (Å²) in [5.74, 6) is 0. The van der Waals surface area contributed by atoms with E-state index in [0.717, 1.165) is 6.54 Å². The Morgan fingerprint density at radius 1 is 1.70 bits per heavy atom. The third-order valence-electron chi connectivity index (χ3n) is 1.16. The van der Waals surface area contributed by atoms with Gasteiger partial charge >= 0.3 is 0 Å². The molecule has 0 saturated heterocycles. The van der Waals surface area contributed by atoms with E-state index < -0.39 is 0 Å². The SMILES string of the molecule is NCCN1C=CC(Cl)C=N1. The van der Waals surface area contributed by atoms with Crippen LogP contribution < -0.4 is 5.73 Å². The maximum absolute atomic E-state index is 5.69. The lowest BCUT2D eigenvalue weighted by molar-refractivity contribution is 0.406. The van der Waals surface area contributed by atoms with Crippen LogP contribution in [0.15, 0.2) is 17.4 Å². The van der Waals surface area contributed by atoms with Crippen LogP contribution in [0.25, 0.3) is 0 Å². The van der Waals surface area contributed by atoms with Gasteiger partial charge in [-0.25, -0.2) is 0 Å². The molecule has 0 amide bonds. The average Bonchev–Trinajstić information content (AvgIpc) is 1.95. The maximum atomic E-state index is 5.69. The fourth-order valence-electron chi connectivity index (χ4n) is 0.684. The lowest BCUT2D eigenvalue weighted by Crippen LogP contribution is -2.23. The van der Waals surface area contributed by atoms with E-state index in [0.29, 0.717) is 6.54 Å². The van der Waals surface area contributed by atoms with E-state index in [1.54, 1.807) is 11.2 Å². The van der Waals surface area contributed by atoms with Crippen LogP contribution in [0.1, 0.15) is 0 Å². The second kappa shape index (κ2) is 3.58. The van der Waals surface area contributed by atoms with E-state index in [4.69, 9.17) is 17.3 Å². The van der Waals surface area contributed by atoms with Crippen molar-refractivity contribution in [1.82, 2.24) is 5.01 Å². The van der Waals surface area contributed by atoms with Crippen LogP contribution in [0.5, 0.6) is 0 Å². The standard InChI is InChI=1S/C6H10ClN3/c7-6-1-3-10(4-2-8)9-5-6/h1,3,5-6H,2,4,8H2. The molecule has 0 aliphatic carbocycles. The predicted octanol–water partition coefficient (Wildman–Crippen LogP) is 0.368. The lowest BCUT2D eigenvalue weighted by atomic mass is 10.4. The summed E-state index contributed by atoms with van der Waals surface area (Å²) < 4.78 is 0. The summed E-state index contributed by atoms with van der Waals surface area (Å²) >= 11 is 5.69. The van der Waals surface area contributed by atoms with Crippen molar-refractivity contribution in [2.45, 2.75) is 5.38 Å².